The second-order valence-corrected chi connectivity index (χ2v) is 4.59. The molecule has 1 fully saturated rings. The van der Waals surface area contributed by atoms with Crippen LogP contribution in [0, 0.1) is 5.92 Å². The number of fused-ring (bicyclic) bond motifs is 1. The van der Waals surface area contributed by atoms with Crippen molar-refractivity contribution in [3.63, 3.8) is 0 Å². The van der Waals surface area contributed by atoms with Gasteiger partial charge in [-0.1, -0.05) is 28.4 Å². The zero-order chi connectivity index (χ0) is 10.8. The number of ketones is 1. The predicted molar refractivity (Wildman–Crippen MR) is 58.7 cm³/mol. The van der Waals surface area contributed by atoms with Gasteiger partial charge in [0.15, 0.2) is 5.78 Å². The van der Waals surface area contributed by atoms with Gasteiger partial charge in [-0.15, -0.1) is 0 Å². The number of carbonyl (C=O) groups is 2. The molecule has 0 aromatic heterocycles. The third-order valence-corrected chi connectivity index (χ3v) is 3.54. The molecule has 1 heterocycles. The Balaban J connectivity index is 2.20. The first kappa shape index (κ1) is 10.9. The maximum Gasteiger partial charge on any atom is 0.341 e. The van der Waals surface area contributed by atoms with Gasteiger partial charge in [0.05, 0.1) is 10.9 Å². The third kappa shape index (κ3) is 2.14. The van der Waals surface area contributed by atoms with Crippen LogP contribution in [0.25, 0.3) is 0 Å². The number of alkyl halides is 1. The SMILES string of the molecule is O=C(CBr)C1=CC2CCCCC2OC1=O. The highest BCUT2D eigenvalue weighted by Gasteiger charge is 2.34. The van der Waals surface area contributed by atoms with Gasteiger partial charge in [0, 0.05) is 5.92 Å². The van der Waals surface area contributed by atoms with Crippen molar-refractivity contribution in [3.8, 4) is 0 Å². The molecule has 0 aromatic carbocycles. The summed E-state index contributed by atoms with van der Waals surface area (Å²) in [5, 5.41) is 0.186. The fraction of sp³-hybridized carbons (Fsp3) is 0.636. The van der Waals surface area contributed by atoms with Crippen LogP contribution in [0.15, 0.2) is 11.6 Å². The molecule has 2 atom stereocenters. The fourth-order valence-electron chi connectivity index (χ4n) is 2.22. The lowest BCUT2D eigenvalue weighted by Gasteiger charge is -2.32. The van der Waals surface area contributed by atoms with Gasteiger partial charge >= 0.3 is 5.97 Å². The Hall–Kier alpha value is -0.640. The molecular formula is C11H13BrO3. The fourth-order valence-corrected chi connectivity index (χ4v) is 2.53. The van der Waals surface area contributed by atoms with Crippen molar-refractivity contribution >= 4 is 27.7 Å². The molecule has 1 aliphatic carbocycles. The number of halogens is 1. The molecule has 0 radical (unpaired) electrons. The van der Waals surface area contributed by atoms with Gasteiger partial charge in [0.2, 0.25) is 0 Å². The Morgan fingerprint density at radius 3 is 2.93 bits per heavy atom. The molecule has 2 aliphatic rings. The molecule has 2 unspecified atom stereocenters. The Labute approximate surface area is 97.0 Å². The molecule has 2 rings (SSSR count). The number of rotatable bonds is 2. The maximum absolute atomic E-state index is 11.5. The van der Waals surface area contributed by atoms with E-state index in [4.69, 9.17) is 4.74 Å². The Morgan fingerprint density at radius 2 is 2.20 bits per heavy atom. The van der Waals surface area contributed by atoms with Crippen molar-refractivity contribution in [2.45, 2.75) is 31.8 Å². The minimum absolute atomic E-state index is 0.0122. The standard InChI is InChI=1S/C11H13BrO3/c12-6-9(13)8-5-7-3-1-2-4-10(7)15-11(8)14/h5,7,10H,1-4,6H2. The average molecular weight is 273 g/mol. The number of ether oxygens (including phenoxy) is 1. The maximum atomic E-state index is 11.5. The van der Waals surface area contributed by atoms with Gasteiger partial charge < -0.3 is 4.74 Å². The lowest BCUT2D eigenvalue weighted by Crippen LogP contribution is -2.36. The van der Waals surface area contributed by atoms with E-state index in [1.165, 1.54) is 0 Å². The van der Waals surface area contributed by atoms with Crippen LogP contribution in [0.1, 0.15) is 25.7 Å². The van der Waals surface area contributed by atoms with Crippen LogP contribution >= 0.6 is 15.9 Å². The first-order chi connectivity index (χ1) is 7.22. The lowest BCUT2D eigenvalue weighted by molar-refractivity contribution is -0.150. The molecule has 15 heavy (non-hydrogen) atoms. The molecule has 82 valence electrons. The van der Waals surface area contributed by atoms with Crippen LogP contribution < -0.4 is 0 Å². The topological polar surface area (TPSA) is 43.4 Å². The van der Waals surface area contributed by atoms with Crippen LogP contribution in [-0.4, -0.2) is 23.2 Å². The van der Waals surface area contributed by atoms with E-state index in [1.807, 2.05) is 6.08 Å². The normalized spacial score (nSPS) is 30.2. The zero-order valence-corrected chi connectivity index (χ0v) is 9.96. The van der Waals surface area contributed by atoms with Crippen LogP contribution in [0.3, 0.4) is 0 Å². The highest BCUT2D eigenvalue weighted by Crippen LogP contribution is 2.32. The molecule has 3 nitrogen and oxygen atoms in total. The molecule has 0 saturated heterocycles. The summed E-state index contributed by atoms with van der Waals surface area (Å²) in [5.41, 5.74) is 0.232. The summed E-state index contributed by atoms with van der Waals surface area (Å²) in [6.07, 6.45) is 6.06. The largest absolute Gasteiger partial charge is 0.458 e. The molecule has 0 amide bonds. The number of Topliss-reactive ketones (excluding diaryl/α,β-unsaturated/α-hetero) is 1. The van der Waals surface area contributed by atoms with Crippen molar-refractivity contribution < 1.29 is 14.3 Å². The van der Waals surface area contributed by atoms with Gasteiger partial charge in [-0.2, -0.15) is 0 Å². The Kier molecular flexibility index (Phi) is 3.24. The number of hydrogen-bond donors (Lipinski definition) is 0. The van der Waals surface area contributed by atoms with Gasteiger partial charge in [-0.25, -0.2) is 4.79 Å². The van der Waals surface area contributed by atoms with E-state index in [2.05, 4.69) is 15.9 Å². The molecule has 0 spiro atoms. The first-order valence-electron chi connectivity index (χ1n) is 5.24. The quantitative estimate of drug-likeness (QED) is 0.439. The molecule has 0 bridgehead atoms. The first-order valence-corrected chi connectivity index (χ1v) is 6.36. The van der Waals surface area contributed by atoms with Crippen LogP contribution in [0.4, 0.5) is 0 Å². The summed E-state index contributed by atoms with van der Waals surface area (Å²) in [4.78, 5) is 23.0. The number of carbonyl (C=O) groups excluding carboxylic acids is 2. The molecule has 1 saturated carbocycles. The van der Waals surface area contributed by atoms with E-state index < -0.39 is 5.97 Å². The summed E-state index contributed by atoms with van der Waals surface area (Å²) >= 11 is 3.07. The van der Waals surface area contributed by atoms with Crippen molar-refractivity contribution in [2.24, 2.45) is 5.92 Å². The minimum atomic E-state index is -0.442. The Bertz CT molecular complexity index is 322. The van der Waals surface area contributed by atoms with E-state index in [0.717, 1.165) is 25.7 Å². The van der Waals surface area contributed by atoms with Crippen LogP contribution in [0.2, 0.25) is 0 Å². The molecular weight excluding hydrogens is 260 g/mol. The van der Waals surface area contributed by atoms with E-state index >= 15 is 0 Å². The van der Waals surface area contributed by atoms with E-state index in [9.17, 15) is 9.59 Å². The van der Waals surface area contributed by atoms with Gasteiger partial charge in [-0.05, 0) is 19.3 Å². The highest BCUT2D eigenvalue weighted by molar-refractivity contribution is 9.09. The number of hydrogen-bond acceptors (Lipinski definition) is 3. The van der Waals surface area contributed by atoms with E-state index in [1.54, 1.807) is 0 Å². The summed E-state index contributed by atoms with van der Waals surface area (Å²) in [6.45, 7) is 0. The van der Waals surface area contributed by atoms with E-state index in [0.29, 0.717) is 0 Å². The zero-order valence-electron chi connectivity index (χ0n) is 8.37. The summed E-state index contributed by atoms with van der Waals surface area (Å²) in [5.74, 6) is -0.360. The lowest BCUT2D eigenvalue weighted by atomic mass is 9.83. The second kappa shape index (κ2) is 4.47. The highest BCUT2D eigenvalue weighted by atomic mass is 79.9. The van der Waals surface area contributed by atoms with Crippen molar-refractivity contribution in [2.75, 3.05) is 5.33 Å². The summed E-state index contributed by atoms with van der Waals surface area (Å²) in [6, 6.07) is 0. The minimum Gasteiger partial charge on any atom is -0.458 e. The van der Waals surface area contributed by atoms with Crippen LogP contribution in [0.5, 0.6) is 0 Å². The van der Waals surface area contributed by atoms with Crippen LogP contribution in [-0.2, 0) is 14.3 Å². The Morgan fingerprint density at radius 1 is 1.47 bits per heavy atom. The molecule has 1 aliphatic heterocycles. The van der Waals surface area contributed by atoms with Crippen molar-refractivity contribution in [1.29, 1.82) is 0 Å². The second-order valence-electron chi connectivity index (χ2n) is 4.03. The van der Waals surface area contributed by atoms with Gasteiger partial charge in [-0.3, -0.25) is 4.79 Å². The molecule has 0 aromatic rings. The van der Waals surface area contributed by atoms with E-state index in [-0.39, 0.29) is 28.7 Å². The third-order valence-electron chi connectivity index (χ3n) is 3.03. The molecule has 0 N–H and O–H groups in total. The van der Waals surface area contributed by atoms with Gasteiger partial charge in [0.25, 0.3) is 0 Å². The summed E-state index contributed by atoms with van der Waals surface area (Å²) in [7, 11) is 0. The van der Waals surface area contributed by atoms with Crippen molar-refractivity contribution in [1.82, 2.24) is 0 Å². The average Bonchev–Trinajstić information content (AvgIpc) is 2.27. The predicted octanol–water partition coefficient (Wildman–Crippen LogP) is 1.99. The monoisotopic (exact) mass is 272 g/mol. The number of esters is 1. The van der Waals surface area contributed by atoms with Gasteiger partial charge in [0.1, 0.15) is 6.10 Å². The van der Waals surface area contributed by atoms with Crippen molar-refractivity contribution in [3.05, 3.63) is 11.6 Å². The summed E-state index contributed by atoms with van der Waals surface area (Å²) < 4.78 is 5.28. The smallest absolute Gasteiger partial charge is 0.341 e. The molecule has 4 heteroatoms.